The topological polar surface area (TPSA) is 131 Å². The highest BCUT2D eigenvalue weighted by atomic mass is 19.1. The van der Waals surface area contributed by atoms with Crippen molar-refractivity contribution in [3.8, 4) is 11.8 Å². The number of H-pyrrole nitrogens is 1. The van der Waals surface area contributed by atoms with Crippen LogP contribution in [0.15, 0.2) is 15.8 Å². The van der Waals surface area contributed by atoms with Crippen molar-refractivity contribution in [2.75, 3.05) is 0 Å². The van der Waals surface area contributed by atoms with E-state index in [4.69, 9.17) is 10.5 Å². The van der Waals surface area contributed by atoms with Crippen molar-refractivity contribution < 1.29 is 19.3 Å². The lowest BCUT2D eigenvalue weighted by molar-refractivity contribution is -0.0781. The number of aromatic amines is 1. The van der Waals surface area contributed by atoms with Gasteiger partial charge in [0.05, 0.1) is 12.3 Å². The van der Waals surface area contributed by atoms with Gasteiger partial charge in [0.25, 0.3) is 5.56 Å². The zero-order valence-electron chi connectivity index (χ0n) is 11.9. The second-order valence-corrected chi connectivity index (χ2v) is 5.09. The fourth-order valence-corrected chi connectivity index (χ4v) is 2.41. The molecule has 120 valence electrons. The molecule has 0 amide bonds. The predicted octanol–water partition coefficient (Wildman–Crippen LogP) is -1.96. The second-order valence-electron chi connectivity index (χ2n) is 5.09. The van der Waals surface area contributed by atoms with Crippen LogP contribution in [0.5, 0.6) is 0 Å². The number of hydrogen-bond donors (Lipinski definition) is 4. The summed E-state index contributed by atoms with van der Waals surface area (Å²) >= 11 is 0. The Kier molecular flexibility index (Phi) is 4.21. The van der Waals surface area contributed by atoms with Crippen molar-refractivity contribution in [3.05, 3.63) is 32.9 Å². The van der Waals surface area contributed by atoms with Crippen LogP contribution in [0.25, 0.3) is 0 Å². The number of nitrogens with one attached hydrogen (secondary N) is 1. The molecule has 2 rings (SSSR count). The van der Waals surface area contributed by atoms with Crippen molar-refractivity contribution in [2.45, 2.75) is 43.9 Å². The average molecular weight is 313 g/mol. The molecular formula is C13H16FN3O5. The third-order valence-corrected chi connectivity index (χ3v) is 3.49. The zero-order valence-corrected chi connectivity index (χ0v) is 11.9. The molecule has 0 bridgehead atoms. The Hall–Kier alpha value is -1.99. The van der Waals surface area contributed by atoms with Crippen molar-refractivity contribution in [1.29, 1.82) is 0 Å². The number of aliphatic hydroxyl groups is 2. The third kappa shape index (κ3) is 2.46. The van der Waals surface area contributed by atoms with Gasteiger partial charge in [0.1, 0.15) is 12.2 Å². The van der Waals surface area contributed by atoms with Crippen LogP contribution in [-0.2, 0) is 4.74 Å². The molecule has 5 atom stereocenters. The number of halogens is 1. The largest absolute Gasteiger partial charge is 0.391 e. The summed E-state index contributed by atoms with van der Waals surface area (Å²) in [6, 6.07) is 0. The molecule has 2 heterocycles. The summed E-state index contributed by atoms with van der Waals surface area (Å²) in [6.07, 6.45) is -4.41. The van der Waals surface area contributed by atoms with Gasteiger partial charge in [-0.15, -0.1) is 5.92 Å². The van der Waals surface area contributed by atoms with Crippen molar-refractivity contribution in [3.63, 3.8) is 0 Å². The molecule has 9 heteroatoms. The van der Waals surface area contributed by atoms with Crippen LogP contribution in [0.1, 0.15) is 20.1 Å². The van der Waals surface area contributed by atoms with Crippen molar-refractivity contribution >= 4 is 0 Å². The summed E-state index contributed by atoms with van der Waals surface area (Å²) in [5.74, 6) is 3.82. The van der Waals surface area contributed by atoms with Crippen LogP contribution in [0.4, 0.5) is 4.39 Å². The molecule has 1 aliphatic rings. The molecule has 1 aromatic rings. The summed E-state index contributed by atoms with van der Waals surface area (Å²) in [5.41, 5.74) is 2.13. The van der Waals surface area contributed by atoms with Crippen LogP contribution < -0.4 is 17.0 Å². The maximum atomic E-state index is 13.5. The first-order chi connectivity index (χ1) is 10.2. The third-order valence-electron chi connectivity index (χ3n) is 3.49. The van der Waals surface area contributed by atoms with E-state index in [0.29, 0.717) is 10.8 Å². The molecule has 8 nitrogen and oxygen atoms in total. The number of rotatable bonds is 2. The number of aliphatic hydroxyl groups excluding tert-OH is 2. The van der Waals surface area contributed by atoms with E-state index < -0.39 is 47.1 Å². The standard InChI is InChI=1S/C13H16FN3O5/c1-3-4-13(15)9(19)8(6(2)18)22-11(13)17-5-7(14)10(20)16-12(17)21/h5-6,8-9,11,18-19H,15H2,1-2H3,(H,16,20,21)/t6-,8+,9-,11+,13?/m0/s1. The quantitative estimate of drug-likeness (QED) is 0.469. The first kappa shape index (κ1) is 16.4. The monoisotopic (exact) mass is 313 g/mol. The van der Waals surface area contributed by atoms with Gasteiger partial charge >= 0.3 is 5.69 Å². The highest BCUT2D eigenvalue weighted by molar-refractivity contribution is 5.25. The highest BCUT2D eigenvalue weighted by Crippen LogP contribution is 2.36. The molecule has 0 spiro atoms. The molecule has 1 unspecified atom stereocenters. The molecule has 1 fully saturated rings. The summed E-state index contributed by atoms with van der Waals surface area (Å²) in [7, 11) is 0. The van der Waals surface area contributed by atoms with Gasteiger partial charge in [0.15, 0.2) is 11.8 Å². The Morgan fingerprint density at radius 1 is 1.59 bits per heavy atom. The number of hydrogen-bond acceptors (Lipinski definition) is 6. The lowest BCUT2D eigenvalue weighted by atomic mass is 9.90. The lowest BCUT2D eigenvalue weighted by Gasteiger charge is -2.27. The van der Waals surface area contributed by atoms with Crippen LogP contribution in [0.2, 0.25) is 0 Å². The maximum absolute atomic E-state index is 13.5. The Balaban J connectivity index is 2.61. The van der Waals surface area contributed by atoms with Crippen LogP contribution >= 0.6 is 0 Å². The minimum Gasteiger partial charge on any atom is -0.391 e. The van der Waals surface area contributed by atoms with Gasteiger partial charge in [-0.3, -0.25) is 14.3 Å². The van der Waals surface area contributed by atoms with Crippen LogP contribution in [0, 0.1) is 17.7 Å². The molecule has 1 aliphatic heterocycles. The molecule has 1 aromatic heterocycles. The lowest BCUT2D eigenvalue weighted by Crippen LogP contribution is -2.55. The van der Waals surface area contributed by atoms with Crippen molar-refractivity contribution in [2.24, 2.45) is 5.73 Å². The van der Waals surface area contributed by atoms with Gasteiger partial charge < -0.3 is 20.7 Å². The summed E-state index contributed by atoms with van der Waals surface area (Å²) in [5, 5.41) is 19.9. The first-order valence-electron chi connectivity index (χ1n) is 6.47. The number of aromatic nitrogens is 2. The van der Waals surface area contributed by atoms with Gasteiger partial charge in [0.2, 0.25) is 5.82 Å². The van der Waals surface area contributed by atoms with Crippen LogP contribution in [0.3, 0.4) is 0 Å². The Morgan fingerprint density at radius 2 is 2.23 bits per heavy atom. The van der Waals surface area contributed by atoms with E-state index in [1.54, 1.807) is 4.98 Å². The Bertz CT molecular complexity index is 747. The van der Waals surface area contributed by atoms with Gasteiger partial charge in [-0.05, 0) is 13.8 Å². The SMILES string of the molecule is CC#CC1(N)[C@@H](O)[C@@H]([C@H](C)O)O[C@H]1n1cc(F)c(=O)[nH]c1=O. The van der Waals surface area contributed by atoms with E-state index in [2.05, 4.69) is 11.8 Å². The number of nitrogens with zero attached hydrogens (tertiary/aromatic N) is 1. The van der Waals surface area contributed by atoms with Gasteiger partial charge in [-0.2, -0.15) is 4.39 Å². The van der Waals surface area contributed by atoms with Gasteiger partial charge in [-0.25, -0.2) is 4.79 Å². The maximum Gasteiger partial charge on any atom is 0.330 e. The molecule has 0 radical (unpaired) electrons. The second kappa shape index (κ2) is 5.66. The van der Waals surface area contributed by atoms with Crippen molar-refractivity contribution in [1.82, 2.24) is 9.55 Å². The highest BCUT2D eigenvalue weighted by Gasteiger charge is 2.55. The number of ether oxygens (including phenoxy) is 1. The van der Waals surface area contributed by atoms with E-state index in [1.807, 2.05) is 0 Å². The smallest absolute Gasteiger partial charge is 0.330 e. The fraction of sp³-hybridized carbons (Fsp3) is 0.538. The van der Waals surface area contributed by atoms with E-state index in [1.165, 1.54) is 13.8 Å². The summed E-state index contributed by atoms with van der Waals surface area (Å²) in [6.45, 7) is 2.83. The normalized spacial score (nSPS) is 32.4. The predicted molar refractivity (Wildman–Crippen MR) is 73.2 cm³/mol. The molecule has 0 aromatic carbocycles. The molecule has 1 saturated heterocycles. The van der Waals surface area contributed by atoms with E-state index in [0.717, 1.165) is 0 Å². The van der Waals surface area contributed by atoms with Gasteiger partial charge in [0, 0.05) is 0 Å². The van der Waals surface area contributed by atoms with E-state index in [-0.39, 0.29) is 0 Å². The average Bonchev–Trinajstić information content (AvgIpc) is 2.68. The van der Waals surface area contributed by atoms with Crippen LogP contribution in [-0.4, -0.2) is 43.6 Å². The molecule has 5 N–H and O–H groups in total. The minimum absolute atomic E-state index is 0.627. The first-order valence-corrected chi connectivity index (χ1v) is 6.47. The number of nitrogens with two attached hydrogens (primary N) is 1. The molecule has 0 saturated carbocycles. The summed E-state index contributed by atoms with van der Waals surface area (Å²) in [4.78, 5) is 24.7. The molecule has 22 heavy (non-hydrogen) atoms. The Morgan fingerprint density at radius 3 is 2.77 bits per heavy atom. The summed E-state index contributed by atoms with van der Waals surface area (Å²) < 4.78 is 19.6. The van der Waals surface area contributed by atoms with Gasteiger partial charge in [-0.1, -0.05) is 5.92 Å². The van der Waals surface area contributed by atoms with E-state index in [9.17, 15) is 24.2 Å². The zero-order chi connectivity index (χ0) is 16.7. The van der Waals surface area contributed by atoms with E-state index >= 15 is 0 Å². The molecule has 0 aliphatic carbocycles. The minimum atomic E-state index is -1.76. The molecular weight excluding hydrogens is 297 g/mol. The fourth-order valence-electron chi connectivity index (χ4n) is 2.41. The Labute approximate surface area is 124 Å².